The number of sulfonamides is 1. The van der Waals surface area contributed by atoms with Gasteiger partial charge in [-0.3, -0.25) is 13.9 Å². The van der Waals surface area contributed by atoms with Gasteiger partial charge in [0.05, 0.1) is 37.4 Å². The van der Waals surface area contributed by atoms with Crippen LogP contribution in [0.5, 0.6) is 11.5 Å². The molecule has 2 aromatic rings. The average Bonchev–Trinajstić information content (AvgIpc) is 2.70. The maximum Gasteiger partial charge on any atom is 0.253 e. The number of methoxy groups -OCH3 is 2. The standard InChI is InChI=1S/C21H27N3O6S/c1-14(2)22-21(26)16-8-6-7-9-17(16)23-20(25)13-24(31(5,27)28)15-10-11-18(29-3)19(12-15)30-4/h6-12,14H,13H2,1-5H3,(H,22,26)(H,23,25). The summed E-state index contributed by atoms with van der Waals surface area (Å²) in [6.07, 6.45) is 1.00. The van der Waals surface area contributed by atoms with Gasteiger partial charge >= 0.3 is 0 Å². The predicted molar refractivity (Wildman–Crippen MR) is 119 cm³/mol. The number of hydrogen-bond acceptors (Lipinski definition) is 6. The van der Waals surface area contributed by atoms with E-state index in [1.54, 1.807) is 30.3 Å². The molecule has 0 spiro atoms. The summed E-state index contributed by atoms with van der Waals surface area (Å²) in [4.78, 5) is 25.1. The van der Waals surface area contributed by atoms with E-state index in [2.05, 4.69) is 10.6 Å². The number of hydrogen-bond donors (Lipinski definition) is 2. The van der Waals surface area contributed by atoms with E-state index >= 15 is 0 Å². The topological polar surface area (TPSA) is 114 Å². The number of carbonyl (C=O) groups excluding carboxylic acids is 2. The summed E-state index contributed by atoms with van der Waals surface area (Å²) in [6.45, 7) is 3.16. The zero-order valence-electron chi connectivity index (χ0n) is 18.1. The zero-order chi connectivity index (χ0) is 23.2. The predicted octanol–water partition coefficient (Wildman–Crippen LogP) is 2.25. The third-order valence-electron chi connectivity index (χ3n) is 4.21. The van der Waals surface area contributed by atoms with Crippen molar-refractivity contribution >= 4 is 33.2 Å². The first kappa shape index (κ1) is 24.0. The SMILES string of the molecule is COc1ccc(N(CC(=O)Nc2ccccc2C(=O)NC(C)C)S(C)(=O)=O)cc1OC. The number of rotatable bonds is 9. The van der Waals surface area contributed by atoms with E-state index in [-0.39, 0.29) is 28.9 Å². The summed E-state index contributed by atoms with van der Waals surface area (Å²) in [7, 11) is -0.902. The van der Waals surface area contributed by atoms with Gasteiger partial charge in [-0.2, -0.15) is 0 Å². The number of amides is 2. The Hall–Kier alpha value is -3.27. The highest BCUT2D eigenvalue weighted by atomic mass is 32.2. The molecule has 2 N–H and O–H groups in total. The monoisotopic (exact) mass is 449 g/mol. The summed E-state index contributed by atoms with van der Waals surface area (Å²) in [5.41, 5.74) is 0.800. The first-order chi connectivity index (χ1) is 14.6. The maximum atomic E-state index is 12.7. The van der Waals surface area contributed by atoms with Gasteiger partial charge in [0.15, 0.2) is 11.5 Å². The van der Waals surface area contributed by atoms with Crippen molar-refractivity contribution in [2.75, 3.05) is 36.6 Å². The Labute approximate surface area is 182 Å². The lowest BCUT2D eigenvalue weighted by Gasteiger charge is -2.23. The lowest BCUT2D eigenvalue weighted by Crippen LogP contribution is -2.38. The minimum atomic E-state index is -3.80. The third-order valence-corrected chi connectivity index (χ3v) is 5.35. The van der Waals surface area contributed by atoms with Crippen molar-refractivity contribution in [1.82, 2.24) is 5.32 Å². The van der Waals surface area contributed by atoms with E-state index < -0.39 is 22.5 Å². The highest BCUT2D eigenvalue weighted by Gasteiger charge is 2.23. The molecule has 0 saturated heterocycles. The van der Waals surface area contributed by atoms with E-state index in [1.165, 1.54) is 26.4 Å². The van der Waals surface area contributed by atoms with Crippen molar-refractivity contribution in [2.24, 2.45) is 0 Å². The molecule has 0 unspecified atom stereocenters. The molecule has 0 bridgehead atoms. The summed E-state index contributed by atoms with van der Waals surface area (Å²) < 4.78 is 36.1. The fourth-order valence-electron chi connectivity index (χ4n) is 2.83. The van der Waals surface area contributed by atoms with Crippen LogP contribution in [-0.4, -0.2) is 53.3 Å². The number of anilines is 2. The van der Waals surface area contributed by atoms with Crippen molar-refractivity contribution < 1.29 is 27.5 Å². The normalized spacial score (nSPS) is 11.0. The van der Waals surface area contributed by atoms with E-state index in [0.717, 1.165) is 10.6 Å². The van der Waals surface area contributed by atoms with Gasteiger partial charge in [0.1, 0.15) is 6.54 Å². The smallest absolute Gasteiger partial charge is 0.253 e. The summed E-state index contributed by atoms with van der Waals surface area (Å²) in [6, 6.07) is 11.0. The Morgan fingerprint density at radius 1 is 1.03 bits per heavy atom. The van der Waals surface area contributed by atoms with Gasteiger partial charge in [-0.25, -0.2) is 8.42 Å². The van der Waals surface area contributed by atoms with Gasteiger partial charge in [0.25, 0.3) is 5.91 Å². The number of carbonyl (C=O) groups is 2. The lowest BCUT2D eigenvalue weighted by atomic mass is 10.1. The van der Waals surface area contributed by atoms with Gasteiger partial charge in [-0.15, -0.1) is 0 Å². The Morgan fingerprint density at radius 3 is 2.26 bits per heavy atom. The molecule has 2 aromatic carbocycles. The lowest BCUT2D eigenvalue weighted by molar-refractivity contribution is -0.114. The van der Waals surface area contributed by atoms with Crippen LogP contribution in [0.2, 0.25) is 0 Å². The zero-order valence-corrected chi connectivity index (χ0v) is 18.9. The minimum Gasteiger partial charge on any atom is -0.493 e. The van der Waals surface area contributed by atoms with Crippen LogP contribution in [-0.2, 0) is 14.8 Å². The summed E-state index contributed by atoms with van der Waals surface area (Å²) in [5, 5.41) is 5.39. The minimum absolute atomic E-state index is 0.0814. The largest absolute Gasteiger partial charge is 0.493 e. The van der Waals surface area contributed by atoms with Crippen LogP contribution in [0.25, 0.3) is 0 Å². The van der Waals surface area contributed by atoms with Crippen LogP contribution in [0.3, 0.4) is 0 Å². The summed E-state index contributed by atoms with van der Waals surface area (Å²) in [5.74, 6) is -0.199. The van der Waals surface area contributed by atoms with Crippen LogP contribution in [0, 0.1) is 0 Å². The molecule has 9 nitrogen and oxygen atoms in total. The van der Waals surface area contributed by atoms with Crippen molar-refractivity contribution in [1.29, 1.82) is 0 Å². The second kappa shape index (κ2) is 10.2. The molecule has 0 aliphatic heterocycles. The first-order valence-corrected chi connectivity index (χ1v) is 11.3. The fraction of sp³-hybridized carbons (Fsp3) is 0.333. The molecule has 0 aliphatic carbocycles. The molecule has 2 amide bonds. The molecule has 31 heavy (non-hydrogen) atoms. The molecule has 0 saturated carbocycles. The van der Waals surface area contributed by atoms with Crippen LogP contribution < -0.4 is 24.4 Å². The van der Waals surface area contributed by atoms with Crippen molar-refractivity contribution in [3.05, 3.63) is 48.0 Å². The second-order valence-corrected chi connectivity index (χ2v) is 8.94. The van der Waals surface area contributed by atoms with E-state index in [0.29, 0.717) is 11.5 Å². The highest BCUT2D eigenvalue weighted by molar-refractivity contribution is 7.92. The number of nitrogens with one attached hydrogen (secondary N) is 2. The average molecular weight is 450 g/mol. The molecule has 2 rings (SSSR count). The second-order valence-electron chi connectivity index (χ2n) is 7.03. The van der Waals surface area contributed by atoms with Crippen molar-refractivity contribution in [2.45, 2.75) is 19.9 Å². The van der Waals surface area contributed by atoms with E-state index in [4.69, 9.17) is 9.47 Å². The van der Waals surface area contributed by atoms with Crippen molar-refractivity contribution in [3.63, 3.8) is 0 Å². The Balaban J connectivity index is 2.29. The molecular formula is C21H27N3O6S. The molecule has 0 heterocycles. The van der Waals surface area contributed by atoms with E-state index in [9.17, 15) is 18.0 Å². The van der Waals surface area contributed by atoms with Crippen LogP contribution >= 0.6 is 0 Å². The molecule has 0 atom stereocenters. The van der Waals surface area contributed by atoms with Gasteiger partial charge in [-0.1, -0.05) is 12.1 Å². The third kappa shape index (κ3) is 6.35. The molecular weight excluding hydrogens is 422 g/mol. The van der Waals surface area contributed by atoms with Gasteiger partial charge in [0.2, 0.25) is 15.9 Å². The maximum absolute atomic E-state index is 12.7. The molecule has 168 valence electrons. The molecule has 0 aliphatic rings. The molecule has 0 radical (unpaired) electrons. The molecule has 0 fully saturated rings. The van der Waals surface area contributed by atoms with Crippen LogP contribution in [0.4, 0.5) is 11.4 Å². The Morgan fingerprint density at radius 2 is 1.68 bits per heavy atom. The fourth-order valence-corrected chi connectivity index (χ4v) is 3.68. The number of nitrogens with zero attached hydrogens (tertiary/aromatic N) is 1. The van der Waals surface area contributed by atoms with Gasteiger partial charge < -0.3 is 20.1 Å². The number of benzene rings is 2. The number of para-hydroxylation sites is 1. The van der Waals surface area contributed by atoms with Crippen molar-refractivity contribution in [3.8, 4) is 11.5 Å². The highest BCUT2D eigenvalue weighted by Crippen LogP contribution is 2.32. The number of ether oxygens (including phenoxy) is 2. The van der Waals surface area contributed by atoms with Crippen LogP contribution in [0.15, 0.2) is 42.5 Å². The Bertz CT molecular complexity index is 1050. The molecule has 10 heteroatoms. The van der Waals surface area contributed by atoms with Crippen LogP contribution in [0.1, 0.15) is 24.2 Å². The van der Waals surface area contributed by atoms with Gasteiger partial charge in [0, 0.05) is 12.1 Å². The van der Waals surface area contributed by atoms with Gasteiger partial charge in [-0.05, 0) is 38.1 Å². The summed E-state index contributed by atoms with van der Waals surface area (Å²) >= 11 is 0. The molecule has 0 aromatic heterocycles. The first-order valence-electron chi connectivity index (χ1n) is 9.46. The quantitative estimate of drug-likeness (QED) is 0.607. The van der Waals surface area contributed by atoms with E-state index in [1.807, 2.05) is 13.8 Å². The Kier molecular flexibility index (Phi) is 7.87.